The summed E-state index contributed by atoms with van der Waals surface area (Å²) in [6, 6.07) is 0. The van der Waals surface area contributed by atoms with Gasteiger partial charge in [0.2, 0.25) is 0 Å². The Labute approximate surface area is 91.9 Å². The van der Waals surface area contributed by atoms with Gasteiger partial charge in [-0.1, -0.05) is 19.8 Å². The molecule has 0 aliphatic carbocycles. The molecule has 0 heterocycles. The number of carbonyl (C=O) groups excluding carboxylic acids is 1. The fourth-order valence-corrected chi connectivity index (χ4v) is 1.18. The molecule has 0 aromatic heterocycles. The van der Waals surface area contributed by atoms with E-state index in [1.54, 1.807) is 0 Å². The van der Waals surface area contributed by atoms with Crippen LogP contribution in [-0.2, 0) is 19.0 Å². The van der Waals surface area contributed by atoms with Crippen molar-refractivity contribution in [2.45, 2.75) is 39.2 Å². The van der Waals surface area contributed by atoms with Crippen molar-refractivity contribution in [3.63, 3.8) is 0 Å². The lowest BCUT2D eigenvalue weighted by atomic mass is 10.1. The summed E-state index contributed by atoms with van der Waals surface area (Å²) in [4.78, 5) is 11.3. The van der Waals surface area contributed by atoms with Crippen molar-refractivity contribution in [3.05, 3.63) is 0 Å². The van der Waals surface area contributed by atoms with Crippen LogP contribution in [0.2, 0.25) is 0 Å². The third kappa shape index (κ3) is 7.33. The van der Waals surface area contributed by atoms with Gasteiger partial charge in [-0.3, -0.25) is 0 Å². The van der Waals surface area contributed by atoms with E-state index in [9.17, 15) is 4.79 Å². The van der Waals surface area contributed by atoms with Gasteiger partial charge in [-0.15, -0.1) is 0 Å². The fourth-order valence-electron chi connectivity index (χ4n) is 1.18. The minimum Gasteiger partial charge on any atom is -0.467 e. The average Bonchev–Trinajstić information content (AvgIpc) is 2.27. The molecule has 0 fully saturated rings. The van der Waals surface area contributed by atoms with Crippen molar-refractivity contribution in [1.82, 2.24) is 0 Å². The fraction of sp³-hybridized carbons (Fsp3) is 0.909. The minimum absolute atomic E-state index is 0.292. The van der Waals surface area contributed by atoms with Gasteiger partial charge < -0.3 is 14.2 Å². The third-order valence-corrected chi connectivity index (χ3v) is 2.03. The lowest BCUT2D eigenvalue weighted by molar-refractivity contribution is -0.155. The molecule has 1 unspecified atom stereocenters. The lowest BCUT2D eigenvalue weighted by Gasteiger charge is -2.15. The number of ether oxygens (including phenoxy) is 3. The number of hydrogen-bond donors (Lipinski definition) is 0. The average molecular weight is 218 g/mol. The molecule has 90 valence electrons. The van der Waals surface area contributed by atoms with Gasteiger partial charge in [0, 0.05) is 6.61 Å². The summed E-state index contributed by atoms with van der Waals surface area (Å²) in [5.74, 6) is -0.292. The third-order valence-electron chi connectivity index (χ3n) is 2.03. The van der Waals surface area contributed by atoms with Crippen LogP contribution in [0.3, 0.4) is 0 Å². The maximum Gasteiger partial charge on any atom is 0.334 e. The zero-order valence-electron chi connectivity index (χ0n) is 9.95. The topological polar surface area (TPSA) is 44.8 Å². The first kappa shape index (κ1) is 14.4. The van der Waals surface area contributed by atoms with Crippen LogP contribution in [0.1, 0.15) is 33.1 Å². The molecular weight excluding hydrogens is 196 g/mol. The molecule has 0 saturated heterocycles. The minimum atomic E-state index is -0.435. The Morgan fingerprint density at radius 3 is 2.53 bits per heavy atom. The van der Waals surface area contributed by atoms with Gasteiger partial charge in [-0.05, 0) is 13.3 Å². The largest absolute Gasteiger partial charge is 0.467 e. The maximum absolute atomic E-state index is 11.3. The van der Waals surface area contributed by atoms with Crippen molar-refractivity contribution in [3.8, 4) is 0 Å². The summed E-state index contributed by atoms with van der Waals surface area (Å²) >= 11 is 0. The van der Waals surface area contributed by atoms with Crippen LogP contribution in [0, 0.1) is 0 Å². The second-order valence-corrected chi connectivity index (χ2v) is 3.22. The molecule has 4 nitrogen and oxygen atoms in total. The van der Waals surface area contributed by atoms with Crippen molar-refractivity contribution >= 4 is 5.97 Å². The Kier molecular flexibility index (Phi) is 9.52. The second-order valence-electron chi connectivity index (χ2n) is 3.22. The van der Waals surface area contributed by atoms with E-state index in [0.717, 1.165) is 19.3 Å². The van der Waals surface area contributed by atoms with Crippen LogP contribution in [0.25, 0.3) is 0 Å². The van der Waals surface area contributed by atoms with Crippen molar-refractivity contribution in [2.24, 2.45) is 0 Å². The summed E-state index contributed by atoms with van der Waals surface area (Å²) in [7, 11) is 1.38. The molecule has 0 aromatic rings. The molecule has 0 aromatic carbocycles. The number of rotatable bonds is 9. The van der Waals surface area contributed by atoms with Crippen LogP contribution < -0.4 is 0 Å². The van der Waals surface area contributed by atoms with E-state index in [2.05, 4.69) is 11.7 Å². The van der Waals surface area contributed by atoms with E-state index in [0.29, 0.717) is 19.8 Å². The lowest BCUT2D eigenvalue weighted by Crippen LogP contribution is -2.27. The van der Waals surface area contributed by atoms with Gasteiger partial charge >= 0.3 is 5.97 Å². The SMILES string of the molecule is CCCCC(OCCOCC)C(=O)OC. The van der Waals surface area contributed by atoms with Gasteiger partial charge in [-0.2, -0.15) is 0 Å². The van der Waals surface area contributed by atoms with E-state index in [1.165, 1.54) is 7.11 Å². The molecule has 0 spiro atoms. The predicted molar refractivity (Wildman–Crippen MR) is 57.8 cm³/mol. The zero-order chi connectivity index (χ0) is 11.5. The normalized spacial score (nSPS) is 12.5. The van der Waals surface area contributed by atoms with Gasteiger partial charge in [0.15, 0.2) is 6.10 Å². The quantitative estimate of drug-likeness (QED) is 0.437. The first-order chi connectivity index (χ1) is 7.26. The second kappa shape index (κ2) is 9.93. The highest BCUT2D eigenvalue weighted by atomic mass is 16.6. The number of hydrogen-bond acceptors (Lipinski definition) is 4. The van der Waals surface area contributed by atoms with E-state index in [-0.39, 0.29) is 5.97 Å². The van der Waals surface area contributed by atoms with Gasteiger partial charge in [0.05, 0.1) is 20.3 Å². The number of carbonyl (C=O) groups is 1. The van der Waals surface area contributed by atoms with E-state index < -0.39 is 6.10 Å². The molecule has 0 bridgehead atoms. The summed E-state index contributed by atoms with van der Waals surface area (Å²) in [6.45, 7) is 5.64. The molecular formula is C11H22O4. The van der Waals surface area contributed by atoms with Crippen LogP contribution >= 0.6 is 0 Å². The standard InChI is InChI=1S/C11H22O4/c1-4-6-7-10(11(12)13-3)15-9-8-14-5-2/h10H,4-9H2,1-3H3. The van der Waals surface area contributed by atoms with E-state index >= 15 is 0 Å². The Hall–Kier alpha value is -0.610. The highest BCUT2D eigenvalue weighted by molar-refractivity contribution is 5.74. The number of unbranched alkanes of at least 4 members (excludes halogenated alkanes) is 1. The molecule has 15 heavy (non-hydrogen) atoms. The van der Waals surface area contributed by atoms with E-state index in [4.69, 9.17) is 9.47 Å². The van der Waals surface area contributed by atoms with Crippen molar-refractivity contribution in [2.75, 3.05) is 26.9 Å². The molecule has 4 heteroatoms. The smallest absolute Gasteiger partial charge is 0.334 e. The van der Waals surface area contributed by atoms with Gasteiger partial charge in [-0.25, -0.2) is 4.79 Å². The Balaban J connectivity index is 3.74. The van der Waals surface area contributed by atoms with E-state index in [1.807, 2.05) is 6.92 Å². The first-order valence-corrected chi connectivity index (χ1v) is 5.53. The Morgan fingerprint density at radius 1 is 1.27 bits per heavy atom. The molecule has 0 aliphatic rings. The van der Waals surface area contributed by atoms with Gasteiger partial charge in [0.25, 0.3) is 0 Å². The molecule has 0 aliphatic heterocycles. The summed E-state index contributed by atoms with van der Waals surface area (Å²) in [5, 5.41) is 0. The monoisotopic (exact) mass is 218 g/mol. The summed E-state index contributed by atoms with van der Waals surface area (Å²) < 4.78 is 15.2. The Morgan fingerprint density at radius 2 is 2.00 bits per heavy atom. The summed E-state index contributed by atoms with van der Waals surface area (Å²) in [5.41, 5.74) is 0. The van der Waals surface area contributed by atoms with Crippen LogP contribution in [-0.4, -0.2) is 39.0 Å². The first-order valence-electron chi connectivity index (χ1n) is 5.53. The molecule has 0 rings (SSSR count). The van der Waals surface area contributed by atoms with Crippen LogP contribution in [0.4, 0.5) is 0 Å². The highest BCUT2D eigenvalue weighted by Crippen LogP contribution is 2.06. The number of methoxy groups -OCH3 is 1. The van der Waals surface area contributed by atoms with Gasteiger partial charge in [0.1, 0.15) is 0 Å². The molecule has 0 amide bonds. The molecule has 1 atom stereocenters. The number of esters is 1. The summed E-state index contributed by atoms with van der Waals surface area (Å²) in [6.07, 6.45) is 2.29. The molecule has 0 saturated carbocycles. The predicted octanol–water partition coefficient (Wildman–Crippen LogP) is 1.77. The van der Waals surface area contributed by atoms with Crippen molar-refractivity contribution < 1.29 is 19.0 Å². The highest BCUT2D eigenvalue weighted by Gasteiger charge is 2.18. The van der Waals surface area contributed by atoms with Crippen molar-refractivity contribution in [1.29, 1.82) is 0 Å². The Bertz CT molecular complexity index is 159. The van der Waals surface area contributed by atoms with Crippen LogP contribution in [0.5, 0.6) is 0 Å². The molecule has 0 N–H and O–H groups in total. The van der Waals surface area contributed by atoms with Crippen LogP contribution in [0.15, 0.2) is 0 Å². The molecule has 0 radical (unpaired) electrons. The maximum atomic E-state index is 11.3. The zero-order valence-corrected chi connectivity index (χ0v) is 9.95.